The van der Waals surface area contributed by atoms with Gasteiger partial charge in [-0.1, -0.05) is 34.8 Å². The average Bonchev–Trinajstić information content (AvgIpc) is 2.48. The molecule has 1 aromatic carbocycles. The second kappa shape index (κ2) is 5.60. The van der Waals surface area contributed by atoms with Gasteiger partial charge in [-0.05, 0) is 24.3 Å². The Morgan fingerprint density at radius 3 is 2.62 bits per heavy atom. The molecule has 0 aliphatic rings. The first kappa shape index (κ1) is 14.3. The molecular formula is C13H6Cl3FN4. The van der Waals surface area contributed by atoms with E-state index in [2.05, 4.69) is 20.3 Å². The summed E-state index contributed by atoms with van der Waals surface area (Å²) < 4.78 is 14.1. The van der Waals surface area contributed by atoms with Gasteiger partial charge in [0.05, 0.1) is 21.2 Å². The molecule has 0 saturated carbocycles. The zero-order chi connectivity index (χ0) is 15.0. The quantitative estimate of drug-likeness (QED) is 0.533. The summed E-state index contributed by atoms with van der Waals surface area (Å²) in [6, 6.07) is 6.25. The minimum atomic E-state index is -0.669. The van der Waals surface area contributed by atoms with Crippen molar-refractivity contribution < 1.29 is 4.39 Å². The van der Waals surface area contributed by atoms with Crippen LogP contribution in [0.25, 0.3) is 11.0 Å². The van der Waals surface area contributed by atoms with Gasteiger partial charge in [-0.2, -0.15) is 0 Å². The van der Waals surface area contributed by atoms with E-state index in [0.717, 1.165) is 0 Å². The molecule has 2 aromatic heterocycles. The highest BCUT2D eigenvalue weighted by atomic mass is 35.5. The topological polar surface area (TPSA) is 50.7 Å². The monoisotopic (exact) mass is 342 g/mol. The average molecular weight is 344 g/mol. The second-order valence-corrected chi connectivity index (χ2v) is 5.24. The van der Waals surface area contributed by atoms with E-state index < -0.39 is 5.82 Å². The van der Waals surface area contributed by atoms with Crippen LogP contribution in [0.1, 0.15) is 0 Å². The predicted octanol–water partition coefficient (Wildman–Crippen LogP) is 4.87. The Hall–Kier alpha value is -1.69. The highest BCUT2D eigenvalue weighted by molar-refractivity contribution is 6.42. The molecule has 1 N–H and O–H groups in total. The number of pyridine rings is 1. The fraction of sp³-hybridized carbons (Fsp3) is 0. The largest absolute Gasteiger partial charge is 0.336 e. The molecule has 8 heteroatoms. The van der Waals surface area contributed by atoms with Crippen LogP contribution in [0, 0.1) is 5.82 Å². The molecular weight excluding hydrogens is 338 g/mol. The van der Waals surface area contributed by atoms with Crippen molar-refractivity contribution in [2.24, 2.45) is 0 Å². The van der Waals surface area contributed by atoms with Crippen LogP contribution in [0.3, 0.4) is 0 Å². The van der Waals surface area contributed by atoms with Gasteiger partial charge >= 0.3 is 0 Å². The molecule has 0 bridgehead atoms. The summed E-state index contributed by atoms with van der Waals surface area (Å²) >= 11 is 17.4. The normalized spacial score (nSPS) is 10.9. The Bertz CT molecular complexity index is 841. The van der Waals surface area contributed by atoms with Crippen LogP contribution in [-0.4, -0.2) is 15.0 Å². The van der Waals surface area contributed by atoms with Gasteiger partial charge in [-0.3, -0.25) is 0 Å². The highest BCUT2D eigenvalue weighted by Crippen LogP contribution is 2.32. The maximum absolute atomic E-state index is 14.1. The first-order valence-electron chi connectivity index (χ1n) is 5.74. The molecule has 0 aliphatic carbocycles. The van der Waals surface area contributed by atoms with Gasteiger partial charge in [0, 0.05) is 0 Å². The Morgan fingerprint density at radius 2 is 1.81 bits per heavy atom. The van der Waals surface area contributed by atoms with Crippen molar-refractivity contribution in [3.05, 3.63) is 51.6 Å². The molecule has 3 aromatic rings. The lowest BCUT2D eigenvalue weighted by atomic mass is 10.3. The van der Waals surface area contributed by atoms with Crippen LogP contribution in [0.15, 0.2) is 30.6 Å². The molecule has 2 heterocycles. The van der Waals surface area contributed by atoms with Crippen LogP contribution < -0.4 is 5.32 Å². The molecule has 0 spiro atoms. The van der Waals surface area contributed by atoms with Crippen molar-refractivity contribution in [3.63, 3.8) is 0 Å². The highest BCUT2D eigenvalue weighted by Gasteiger charge is 2.13. The number of fused-ring (bicyclic) bond motifs is 1. The number of benzene rings is 1. The van der Waals surface area contributed by atoms with Crippen molar-refractivity contribution in [2.75, 3.05) is 5.32 Å². The zero-order valence-electron chi connectivity index (χ0n) is 10.2. The van der Waals surface area contributed by atoms with Gasteiger partial charge in [-0.25, -0.2) is 19.3 Å². The van der Waals surface area contributed by atoms with Gasteiger partial charge in [0.2, 0.25) is 0 Å². The third-order valence-electron chi connectivity index (χ3n) is 2.74. The molecule has 106 valence electrons. The van der Waals surface area contributed by atoms with Crippen LogP contribution in [0.4, 0.5) is 15.9 Å². The van der Waals surface area contributed by atoms with E-state index in [9.17, 15) is 4.39 Å². The molecule has 0 aliphatic heterocycles. The molecule has 0 saturated heterocycles. The van der Waals surface area contributed by atoms with E-state index in [1.54, 1.807) is 12.1 Å². The summed E-state index contributed by atoms with van der Waals surface area (Å²) in [6.07, 6.45) is 1.34. The Labute approximate surface area is 133 Å². The maximum atomic E-state index is 14.1. The molecule has 4 nitrogen and oxygen atoms in total. The third-order valence-corrected chi connectivity index (χ3v) is 3.73. The van der Waals surface area contributed by atoms with Crippen molar-refractivity contribution in [2.45, 2.75) is 0 Å². The SMILES string of the molecule is Fc1c(Nc2ncnc3ccc(Cl)nc23)ccc(Cl)c1Cl. The number of halogens is 4. The Balaban J connectivity index is 2.10. The Morgan fingerprint density at radius 1 is 1.00 bits per heavy atom. The van der Waals surface area contributed by atoms with Crippen molar-refractivity contribution in [3.8, 4) is 0 Å². The lowest BCUT2D eigenvalue weighted by molar-refractivity contribution is 0.632. The molecule has 0 atom stereocenters. The lowest BCUT2D eigenvalue weighted by Gasteiger charge is -2.10. The van der Waals surface area contributed by atoms with Gasteiger partial charge in [0.15, 0.2) is 11.6 Å². The summed E-state index contributed by atoms with van der Waals surface area (Å²) in [5.74, 6) is -0.349. The predicted molar refractivity (Wildman–Crippen MR) is 82.0 cm³/mol. The number of anilines is 2. The molecule has 0 radical (unpaired) electrons. The number of nitrogens with zero attached hydrogens (tertiary/aromatic N) is 3. The Kier molecular flexibility index (Phi) is 3.80. The number of hydrogen-bond donors (Lipinski definition) is 1. The smallest absolute Gasteiger partial charge is 0.166 e. The van der Waals surface area contributed by atoms with E-state index >= 15 is 0 Å². The summed E-state index contributed by atoms with van der Waals surface area (Å²) in [6.45, 7) is 0. The van der Waals surface area contributed by atoms with E-state index in [1.807, 2.05) is 0 Å². The minimum Gasteiger partial charge on any atom is -0.336 e. The minimum absolute atomic E-state index is 0.131. The lowest BCUT2D eigenvalue weighted by Crippen LogP contribution is -2.00. The number of hydrogen-bond acceptors (Lipinski definition) is 4. The summed E-state index contributed by atoms with van der Waals surface area (Å²) in [5, 5.41) is 3.08. The third kappa shape index (κ3) is 2.72. The van der Waals surface area contributed by atoms with Crippen LogP contribution in [0.5, 0.6) is 0 Å². The number of rotatable bonds is 2. The summed E-state index contributed by atoms with van der Waals surface area (Å²) in [4.78, 5) is 12.3. The van der Waals surface area contributed by atoms with E-state index in [1.165, 1.54) is 18.5 Å². The molecule has 0 unspecified atom stereocenters. The number of aromatic nitrogens is 3. The first-order valence-corrected chi connectivity index (χ1v) is 6.87. The summed E-state index contributed by atoms with van der Waals surface area (Å²) in [5.41, 5.74) is 1.14. The van der Waals surface area contributed by atoms with Crippen LogP contribution in [-0.2, 0) is 0 Å². The second-order valence-electron chi connectivity index (χ2n) is 4.07. The van der Waals surface area contributed by atoms with Gasteiger partial charge in [0.25, 0.3) is 0 Å². The zero-order valence-corrected chi connectivity index (χ0v) is 12.5. The summed E-state index contributed by atoms with van der Waals surface area (Å²) in [7, 11) is 0. The van der Waals surface area contributed by atoms with Gasteiger partial charge in [0.1, 0.15) is 17.0 Å². The van der Waals surface area contributed by atoms with Crippen LogP contribution in [0.2, 0.25) is 15.2 Å². The molecule has 0 amide bonds. The van der Waals surface area contributed by atoms with Crippen molar-refractivity contribution in [1.29, 1.82) is 0 Å². The van der Waals surface area contributed by atoms with Crippen molar-refractivity contribution in [1.82, 2.24) is 15.0 Å². The van der Waals surface area contributed by atoms with Gasteiger partial charge < -0.3 is 5.32 Å². The molecule has 21 heavy (non-hydrogen) atoms. The van der Waals surface area contributed by atoms with E-state index in [0.29, 0.717) is 16.9 Å². The number of nitrogens with one attached hydrogen (secondary N) is 1. The van der Waals surface area contributed by atoms with Crippen LogP contribution >= 0.6 is 34.8 Å². The fourth-order valence-corrected chi connectivity index (χ4v) is 2.22. The standard InChI is InChI=1S/C13H6Cl3FN4/c14-6-1-2-7(11(17)10(6)16)20-13-12-8(18-5-19-13)3-4-9(15)21-12/h1-5H,(H,18,19,20). The van der Waals surface area contributed by atoms with Gasteiger partial charge in [-0.15, -0.1) is 0 Å². The first-order chi connectivity index (χ1) is 10.1. The molecule has 3 rings (SSSR count). The van der Waals surface area contributed by atoms with E-state index in [4.69, 9.17) is 34.8 Å². The fourth-order valence-electron chi connectivity index (χ4n) is 1.76. The maximum Gasteiger partial charge on any atom is 0.166 e. The molecule has 0 fully saturated rings. The van der Waals surface area contributed by atoms with Crippen molar-refractivity contribution >= 4 is 57.3 Å². The van der Waals surface area contributed by atoms with E-state index in [-0.39, 0.29) is 20.9 Å².